The van der Waals surface area contributed by atoms with Crippen molar-refractivity contribution in [2.75, 3.05) is 6.61 Å². The van der Waals surface area contributed by atoms with Crippen molar-refractivity contribution in [2.45, 2.75) is 20.0 Å². The van der Waals surface area contributed by atoms with Crippen molar-refractivity contribution in [1.29, 1.82) is 0 Å². The van der Waals surface area contributed by atoms with Crippen LogP contribution in [-0.4, -0.2) is 27.6 Å². The van der Waals surface area contributed by atoms with Gasteiger partial charge < -0.3 is 4.74 Å². The van der Waals surface area contributed by atoms with Gasteiger partial charge in [0.05, 0.1) is 25.4 Å². The van der Waals surface area contributed by atoms with Gasteiger partial charge in [0.25, 0.3) is 0 Å². The molecule has 0 unspecified atom stereocenters. The molecule has 0 N–H and O–H groups in total. The van der Waals surface area contributed by atoms with Crippen LogP contribution in [0.5, 0.6) is 0 Å². The summed E-state index contributed by atoms with van der Waals surface area (Å²) in [4.78, 5) is 21.0. The molecule has 1 aromatic rings. The molecule has 0 saturated carbocycles. The van der Waals surface area contributed by atoms with Gasteiger partial charge in [-0.2, -0.15) is 0 Å². The molecule has 2 rings (SSSR count). The molecule has 74 valence electrons. The second kappa shape index (κ2) is 3.61. The van der Waals surface area contributed by atoms with Crippen LogP contribution in [0.1, 0.15) is 18.2 Å². The Morgan fingerprint density at radius 2 is 2.50 bits per heavy atom. The smallest absolute Gasteiger partial charge is 0.410 e. The molecule has 5 heteroatoms. The molecule has 1 aromatic heterocycles. The maximum atomic E-state index is 11.4. The van der Waals surface area contributed by atoms with E-state index in [9.17, 15) is 4.79 Å². The second-order valence-electron chi connectivity index (χ2n) is 3.05. The highest BCUT2D eigenvalue weighted by Crippen LogP contribution is 2.19. The zero-order chi connectivity index (χ0) is 9.97. The topological polar surface area (TPSA) is 55.3 Å². The van der Waals surface area contributed by atoms with Crippen molar-refractivity contribution in [1.82, 2.24) is 14.9 Å². The summed E-state index contributed by atoms with van der Waals surface area (Å²) in [7, 11) is 0. The van der Waals surface area contributed by atoms with E-state index < -0.39 is 0 Å². The maximum absolute atomic E-state index is 11.4. The Hall–Kier alpha value is -1.65. The minimum atomic E-state index is -0.287. The SMILES string of the molecule is CCOC(=O)N1Cc2cncnc2C1. The Labute approximate surface area is 81.7 Å². The van der Waals surface area contributed by atoms with Gasteiger partial charge in [0.15, 0.2) is 0 Å². The van der Waals surface area contributed by atoms with Crippen LogP contribution in [0.4, 0.5) is 4.79 Å². The minimum Gasteiger partial charge on any atom is -0.450 e. The van der Waals surface area contributed by atoms with Gasteiger partial charge in [-0.1, -0.05) is 0 Å². The number of amides is 1. The molecule has 0 aliphatic carbocycles. The van der Waals surface area contributed by atoms with Crippen LogP contribution in [0.3, 0.4) is 0 Å². The van der Waals surface area contributed by atoms with E-state index in [1.165, 1.54) is 6.33 Å². The van der Waals surface area contributed by atoms with Crippen molar-refractivity contribution in [2.24, 2.45) is 0 Å². The first-order valence-electron chi connectivity index (χ1n) is 4.50. The number of hydrogen-bond donors (Lipinski definition) is 0. The number of nitrogens with zero attached hydrogens (tertiary/aromatic N) is 3. The molecule has 14 heavy (non-hydrogen) atoms. The van der Waals surface area contributed by atoms with Crippen LogP contribution in [0.15, 0.2) is 12.5 Å². The molecule has 5 nitrogen and oxygen atoms in total. The number of aromatic nitrogens is 2. The van der Waals surface area contributed by atoms with E-state index in [0.29, 0.717) is 19.7 Å². The fourth-order valence-corrected chi connectivity index (χ4v) is 1.44. The molecular formula is C9H11N3O2. The first kappa shape index (κ1) is 8.93. The van der Waals surface area contributed by atoms with Crippen LogP contribution in [0.2, 0.25) is 0 Å². The van der Waals surface area contributed by atoms with Gasteiger partial charge >= 0.3 is 6.09 Å². The first-order chi connectivity index (χ1) is 6.81. The molecule has 2 heterocycles. The monoisotopic (exact) mass is 193 g/mol. The molecule has 1 aliphatic rings. The van der Waals surface area contributed by atoms with Gasteiger partial charge in [-0.25, -0.2) is 14.8 Å². The largest absolute Gasteiger partial charge is 0.450 e. The van der Waals surface area contributed by atoms with Crippen molar-refractivity contribution in [3.05, 3.63) is 23.8 Å². The predicted molar refractivity (Wildman–Crippen MR) is 48.3 cm³/mol. The van der Waals surface area contributed by atoms with E-state index in [-0.39, 0.29) is 6.09 Å². The highest BCUT2D eigenvalue weighted by Gasteiger charge is 2.24. The normalized spacial score (nSPS) is 13.9. The van der Waals surface area contributed by atoms with Crippen LogP contribution < -0.4 is 0 Å². The van der Waals surface area contributed by atoms with Gasteiger partial charge in [0, 0.05) is 11.8 Å². The Morgan fingerprint density at radius 1 is 1.64 bits per heavy atom. The molecule has 0 bridgehead atoms. The van der Waals surface area contributed by atoms with E-state index >= 15 is 0 Å². The van der Waals surface area contributed by atoms with Crippen molar-refractivity contribution in [3.63, 3.8) is 0 Å². The van der Waals surface area contributed by atoms with Crippen LogP contribution in [0, 0.1) is 0 Å². The summed E-state index contributed by atoms with van der Waals surface area (Å²) in [5.74, 6) is 0. The third-order valence-corrected chi connectivity index (χ3v) is 2.11. The molecule has 0 fully saturated rings. The molecule has 0 spiro atoms. The molecule has 0 aromatic carbocycles. The quantitative estimate of drug-likeness (QED) is 0.666. The summed E-state index contributed by atoms with van der Waals surface area (Å²) in [6, 6.07) is 0. The Kier molecular flexibility index (Phi) is 2.30. The first-order valence-corrected chi connectivity index (χ1v) is 4.50. The summed E-state index contributed by atoms with van der Waals surface area (Å²) < 4.78 is 4.90. The molecule has 0 radical (unpaired) electrons. The number of rotatable bonds is 1. The molecule has 0 saturated heterocycles. The highest BCUT2D eigenvalue weighted by atomic mass is 16.6. The van der Waals surface area contributed by atoms with Gasteiger partial charge in [-0.15, -0.1) is 0 Å². The molecule has 0 atom stereocenters. The van der Waals surface area contributed by atoms with Gasteiger partial charge in [-0.05, 0) is 6.92 Å². The second-order valence-corrected chi connectivity index (χ2v) is 3.05. The molecule has 1 aliphatic heterocycles. The minimum absolute atomic E-state index is 0.287. The summed E-state index contributed by atoms with van der Waals surface area (Å²) in [6.07, 6.45) is 2.94. The van der Waals surface area contributed by atoms with E-state index in [1.807, 2.05) is 0 Å². The standard InChI is InChI=1S/C9H11N3O2/c1-2-14-9(13)12-4-7-3-10-6-11-8(7)5-12/h3,6H,2,4-5H2,1H3. The zero-order valence-electron chi connectivity index (χ0n) is 7.93. The average Bonchev–Trinajstić information content (AvgIpc) is 2.61. The third kappa shape index (κ3) is 1.53. The Balaban J connectivity index is 2.08. The lowest BCUT2D eigenvalue weighted by molar-refractivity contribution is 0.106. The van der Waals surface area contributed by atoms with Crippen LogP contribution in [0.25, 0.3) is 0 Å². The number of carbonyl (C=O) groups is 1. The molecule has 1 amide bonds. The van der Waals surface area contributed by atoms with Crippen molar-refractivity contribution < 1.29 is 9.53 Å². The number of carbonyl (C=O) groups excluding carboxylic acids is 1. The number of hydrogen-bond acceptors (Lipinski definition) is 4. The van der Waals surface area contributed by atoms with E-state index in [2.05, 4.69) is 9.97 Å². The summed E-state index contributed by atoms with van der Waals surface area (Å²) in [5.41, 5.74) is 1.91. The van der Waals surface area contributed by atoms with Gasteiger partial charge in [0.1, 0.15) is 6.33 Å². The lowest BCUT2D eigenvalue weighted by Crippen LogP contribution is -2.26. The number of ether oxygens (including phenoxy) is 1. The zero-order valence-corrected chi connectivity index (χ0v) is 7.93. The fourth-order valence-electron chi connectivity index (χ4n) is 1.44. The van der Waals surface area contributed by atoms with Crippen LogP contribution in [-0.2, 0) is 17.8 Å². The average molecular weight is 193 g/mol. The summed E-state index contributed by atoms with van der Waals surface area (Å²) in [6.45, 7) is 3.27. The predicted octanol–water partition coefficient (Wildman–Crippen LogP) is 0.949. The number of fused-ring (bicyclic) bond motifs is 1. The Morgan fingerprint density at radius 3 is 3.21 bits per heavy atom. The third-order valence-electron chi connectivity index (χ3n) is 2.11. The fraction of sp³-hybridized carbons (Fsp3) is 0.444. The Bertz CT molecular complexity index is 329. The molecular weight excluding hydrogens is 182 g/mol. The van der Waals surface area contributed by atoms with Crippen molar-refractivity contribution in [3.8, 4) is 0 Å². The van der Waals surface area contributed by atoms with Gasteiger partial charge in [0.2, 0.25) is 0 Å². The summed E-state index contributed by atoms with van der Waals surface area (Å²) >= 11 is 0. The maximum Gasteiger partial charge on any atom is 0.410 e. The highest BCUT2D eigenvalue weighted by molar-refractivity contribution is 5.68. The lowest BCUT2D eigenvalue weighted by atomic mass is 10.3. The van der Waals surface area contributed by atoms with Crippen LogP contribution >= 0.6 is 0 Å². The van der Waals surface area contributed by atoms with Gasteiger partial charge in [-0.3, -0.25) is 4.90 Å². The van der Waals surface area contributed by atoms with Crippen molar-refractivity contribution >= 4 is 6.09 Å². The lowest BCUT2D eigenvalue weighted by Gasteiger charge is -2.13. The summed E-state index contributed by atoms with van der Waals surface area (Å²) in [5, 5.41) is 0. The van der Waals surface area contributed by atoms with E-state index in [1.54, 1.807) is 18.0 Å². The van der Waals surface area contributed by atoms with E-state index in [0.717, 1.165) is 11.3 Å². The van der Waals surface area contributed by atoms with E-state index in [4.69, 9.17) is 4.74 Å².